The first-order valence-electron chi connectivity index (χ1n) is 5.07. The zero-order valence-corrected chi connectivity index (χ0v) is 7.50. The van der Waals surface area contributed by atoms with Gasteiger partial charge in [0.25, 0.3) is 0 Å². The normalized spacial score (nSPS) is 47.5. The molecule has 0 aromatic carbocycles. The molecule has 2 rings (SSSR count). The predicted molar refractivity (Wildman–Crippen MR) is 46.7 cm³/mol. The maximum atomic E-state index is 9.76. The van der Waals surface area contributed by atoms with Crippen molar-refractivity contribution in [1.82, 2.24) is 0 Å². The van der Waals surface area contributed by atoms with Gasteiger partial charge in [0, 0.05) is 6.61 Å². The van der Waals surface area contributed by atoms with Crippen LogP contribution in [0.5, 0.6) is 0 Å². The topological polar surface area (TPSA) is 40.5 Å². The first-order valence-corrected chi connectivity index (χ1v) is 5.07. The van der Waals surface area contributed by atoms with Crippen molar-refractivity contribution in [2.45, 2.75) is 44.6 Å². The molecule has 3 atom stereocenters. The molecule has 0 spiro atoms. The van der Waals surface area contributed by atoms with Crippen LogP contribution in [0.4, 0.5) is 0 Å². The fourth-order valence-electron chi connectivity index (χ4n) is 3.22. The Balaban J connectivity index is 2.17. The lowest BCUT2D eigenvalue weighted by Crippen LogP contribution is -2.40. The van der Waals surface area contributed by atoms with E-state index in [-0.39, 0.29) is 18.1 Å². The summed E-state index contributed by atoms with van der Waals surface area (Å²) in [5, 5.41) is 19.1. The second kappa shape index (κ2) is 3.00. The van der Waals surface area contributed by atoms with Crippen LogP contribution in [0, 0.1) is 11.3 Å². The molecular weight excluding hydrogens is 152 g/mol. The monoisotopic (exact) mass is 170 g/mol. The van der Waals surface area contributed by atoms with Gasteiger partial charge in [0.1, 0.15) is 0 Å². The molecule has 2 saturated carbocycles. The van der Waals surface area contributed by atoms with Crippen LogP contribution >= 0.6 is 0 Å². The van der Waals surface area contributed by atoms with Crippen molar-refractivity contribution in [1.29, 1.82) is 0 Å². The molecular formula is C10H18O2. The van der Waals surface area contributed by atoms with Crippen LogP contribution in [0.3, 0.4) is 0 Å². The molecule has 0 saturated heterocycles. The molecule has 2 N–H and O–H groups in total. The average molecular weight is 170 g/mol. The smallest absolute Gasteiger partial charge is 0.0574 e. The van der Waals surface area contributed by atoms with Crippen LogP contribution in [-0.4, -0.2) is 22.9 Å². The lowest BCUT2D eigenvalue weighted by molar-refractivity contribution is -0.0373. The molecule has 2 fully saturated rings. The van der Waals surface area contributed by atoms with E-state index in [4.69, 9.17) is 0 Å². The van der Waals surface area contributed by atoms with E-state index in [1.807, 2.05) is 0 Å². The third kappa shape index (κ3) is 1.09. The lowest BCUT2D eigenvalue weighted by Gasteiger charge is -2.41. The summed E-state index contributed by atoms with van der Waals surface area (Å²) in [5.74, 6) is 0.399. The number of fused-ring (bicyclic) bond motifs is 1. The van der Waals surface area contributed by atoms with Gasteiger partial charge in [-0.1, -0.05) is 12.8 Å². The van der Waals surface area contributed by atoms with Crippen molar-refractivity contribution in [2.75, 3.05) is 6.61 Å². The highest BCUT2D eigenvalue weighted by Gasteiger charge is 2.47. The van der Waals surface area contributed by atoms with Gasteiger partial charge in [-0.25, -0.2) is 0 Å². The van der Waals surface area contributed by atoms with Crippen molar-refractivity contribution in [3.05, 3.63) is 0 Å². The zero-order chi connectivity index (χ0) is 8.60. The van der Waals surface area contributed by atoms with Crippen molar-refractivity contribution >= 4 is 0 Å². The molecule has 2 aliphatic carbocycles. The lowest BCUT2D eigenvalue weighted by atomic mass is 9.67. The van der Waals surface area contributed by atoms with Crippen LogP contribution in [0.25, 0.3) is 0 Å². The highest BCUT2D eigenvalue weighted by Crippen LogP contribution is 2.51. The van der Waals surface area contributed by atoms with E-state index in [0.29, 0.717) is 5.92 Å². The molecule has 0 amide bonds. The second-order valence-corrected chi connectivity index (χ2v) is 4.48. The fourth-order valence-corrected chi connectivity index (χ4v) is 3.22. The molecule has 0 aliphatic heterocycles. The number of aliphatic hydroxyl groups is 2. The summed E-state index contributed by atoms with van der Waals surface area (Å²) >= 11 is 0. The first-order chi connectivity index (χ1) is 5.78. The maximum absolute atomic E-state index is 9.76. The maximum Gasteiger partial charge on any atom is 0.0574 e. The van der Waals surface area contributed by atoms with Crippen molar-refractivity contribution < 1.29 is 10.2 Å². The Bertz CT molecular complexity index is 169. The fraction of sp³-hybridized carbons (Fsp3) is 1.00. The molecule has 0 unspecified atom stereocenters. The molecule has 2 aliphatic rings. The van der Waals surface area contributed by atoms with Gasteiger partial charge in [0.05, 0.1) is 6.10 Å². The van der Waals surface area contributed by atoms with E-state index >= 15 is 0 Å². The van der Waals surface area contributed by atoms with E-state index < -0.39 is 0 Å². The molecule has 0 aromatic heterocycles. The highest BCUT2D eigenvalue weighted by atomic mass is 16.3. The molecule has 0 bridgehead atoms. The molecule has 2 nitrogen and oxygen atoms in total. The second-order valence-electron chi connectivity index (χ2n) is 4.48. The Hall–Kier alpha value is -0.0800. The summed E-state index contributed by atoms with van der Waals surface area (Å²) in [5.41, 5.74) is 0.109. The van der Waals surface area contributed by atoms with Crippen LogP contribution in [0.1, 0.15) is 38.5 Å². The Morgan fingerprint density at radius 2 is 1.83 bits per heavy atom. The summed E-state index contributed by atoms with van der Waals surface area (Å²) in [4.78, 5) is 0. The third-order valence-corrected chi connectivity index (χ3v) is 3.93. The average Bonchev–Trinajstić information content (AvgIpc) is 2.50. The minimum atomic E-state index is -0.131. The van der Waals surface area contributed by atoms with Crippen molar-refractivity contribution in [3.63, 3.8) is 0 Å². The van der Waals surface area contributed by atoms with E-state index in [1.54, 1.807) is 0 Å². The van der Waals surface area contributed by atoms with E-state index in [2.05, 4.69) is 0 Å². The van der Waals surface area contributed by atoms with Gasteiger partial charge in [-0.3, -0.25) is 0 Å². The molecule has 70 valence electrons. The van der Waals surface area contributed by atoms with Gasteiger partial charge in [0.15, 0.2) is 0 Å². The van der Waals surface area contributed by atoms with E-state index in [1.165, 1.54) is 6.42 Å². The third-order valence-electron chi connectivity index (χ3n) is 3.93. The predicted octanol–water partition coefficient (Wildman–Crippen LogP) is 1.31. The summed E-state index contributed by atoms with van der Waals surface area (Å²) in [6.45, 7) is 0.286. The Labute approximate surface area is 73.6 Å². The van der Waals surface area contributed by atoms with E-state index in [9.17, 15) is 10.2 Å². The van der Waals surface area contributed by atoms with Gasteiger partial charge in [0.2, 0.25) is 0 Å². The quantitative estimate of drug-likeness (QED) is 0.623. The largest absolute Gasteiger partial charge is 0.396 e. The minimum Gasteiger partial charge on any atom is -0.396 e. The van der Waals surface area contributed by atoms with Crippen LogP contribution < -0.4 is 0 Å². The Morgan fingerprint density at radius 1 is 1.17 bits per heavy atom. The van der Waals surface area contributed by atoms with E-state index in [0.717, 1.165) is 32.1 Å². The summed E-state index contributed by atoms with van der Waals surface area (Å²) in [6.07, 6.45) is 6.50. The van der Waals surface area contributed by atoms with Gasteiger partial charge < -0.3 is 10.2 Å². The minimum absolute atomic E-state index is 0.109. The highest BCUT2D eigenvalue weighted by molar-refractivity contribution is 4.97. The Kier molecular flexibility index (Phi) is 2.13. The van der Waals surface area contributed by atoms with Gasteiger partial charge in [-0.15, -0.1) is 0 Å². The number of aliphatic hydroxyl groups excluding tert-OH is 2. The molecule has 2 heteroatoms. The molecule has 0 radical (unpaired) electrons. The summed E-state index contributed by atoms with van der Waals surface area (Å²) < 4.78 is 0. The summed E-state index contributed by atoms with van der Waals surface area (Å²) in [6, 6.07) is 0. The van der Waals surface area contributed by atoms with Gasteiger partial charge in [-0.2, -0.15) is 0 Å². The number of hydrogen-bond acceptors (Lipinski definition) is 2. The van der Waals surface area contributed by atoms with Gasteiger partial charge in [-0.05, 0) is 37.0 Å². The standard InChI is InChI=1S/C10H18O2/c11-7-10-5-1-3-8(10)9(12)4-2-6-10/h8-9,11-12H,1-7H2/t8-,9+,10-/m0/s1. The SMILES string of the molecule is OC[C@]12CCC[C@@H](O)[C@@H]1CCC2. The zero-order valence-electron chi connectivity index (χ0n) is 7.50. The van der Waals surface area contributed by atoms with Crippen LogP contribution in [0.15, 0.2) is 0 Å². The molecule has 0 heterocycles. The number of hydrogen-bond donors (Lipinski definition) is 2. The van der Waals surface area contributed by atoms with Crippen LogP contribution in [0.2, 0.25) is 0 Å². The van der Waals surface area contributed by atoms with Crippen molar-refractivity contribution in [3.8, 4) is 0 Å². The summed E-state index contributed by atoms with van der Waals surface area (Å²) in [7, 11) is 0. The van der Waals surface area contributed by atoms with Crippen LogP contribution in [-0.2, 0) is 0 Å². The Morgan fingerprint density at radius 3 is 2.42 bits per heavy atom. The first kappa shape index (κ1) is 8.52. The van der Waals surface area contributed by atoms with Gasteiger partial charge >= 0.3 is 0 Å². The molecule has 12 heavy (non-hydrogen) atoms. The molecule has 0 aromatic rings. The number of rotatable bonds is 1. The van der Waals surface area contributed by atoms with Crippen molar-refractivity contribution in [2.24, 2.45) is 11.3 Å².